The standard InChI is InChI=1S/C20H41N/c1-15(2)9-10-16-13-18(19(3,4)5)12-11-17(16)14-21-20(6,7)8/h15-18,21H,9-14H2,1-8H3. The monoisotopic (exact) mass is 295 g/mol. The second-order valence-electron chi connectivity index (χ2n) is 10.00. The van der Waals surface area contributed by atoms with Gasteiger partial charge >= 0.3 is 0 Å². The summed E-state index contributed by atoms with van der Waals surface area (Å²) in [5, 5.41) is 3.76. The molecule has 1 aliphatic rings. The van der Waals surface area contributed by atoms with Crippen molar-refractivity contribution >= 4 is 0 Å². The van der Waals surface area contributed by atoms with Crippen LogP contribution in [0.25, 0.3) is 0 Å². The molecule has 0 radical (unpaired) electrons. The molecule has 0 aliphatic heterocycles. The van der Waals surface area contributed by atoms with E-state index in [9.17, 15) is 0 Å². The smallest absolute Gasteiger partial charge is 0.00966 e. The lowest BCUT2D eigenvalue weighted by atomic mass is 9.64. The molecule has 1 saturated carbocycles. The minimum absolute atomic E-state index is 0.253. The average Bonchev–Trinajstić information content (AvgIpc) is 2.32. The van der Waals surface area contributed by atoms with Gasteiger partial charge in [-0.05, 0) is 82.1 Å². The molecule has 21 heavy (non-hydrogen) atoms. The van der Waals surface area contributed by atoms with E-state index in [1.807, 2.05) is 0 Å². The fourth-order valence-corrected chi connectivity index (χ4v) is 3.72. The summed E-state index contributed by atoms with van der Waals surface area (Å²) in [6.07, 6.45) is 7.13. The Balaban J connectivity index is 2.63. The molecule has 3 atom stereocenters. The number of rotatable bonds is 5. The molecule has 1 heteroatoms. The Morgan fingerprint density at radius 2 is 1.57 bits per heavy atom. The Morgan fingerprint density at radius 1 is 0.952 bits per heavy atom. The largest absolute Gasteiger partial charge is 0.312 e. The SMILES string of the molecule is CC(C)CCC1CC(C(C)(C)C)CCC1CNC(C)(C)C. The van der Waals surface area contributed by atoms with Crippen molar-refractivity contribution in [1.29, 1.82) is 0 Å². The van der Waals surface area contributed by atoms with Crippen LogP contribution in [0.5, 0.6) is 0 Å². The van der Waals surface area contributed by atoms with Crippen molar-refractivity contribution in [3.8, 4) is 0 Å². The summed E-state index contributed by atoms with van der Waals surface area (Å²) in [6.45, 7) is 20.1. The normalized spacial score (nSPS) is 28.1. The molecule has 0 aromatic rings. The van der Waals surface area contributed by atoms with E-state index in [-0.39, 0.29) is 5.54 Å². The topological polar surface area (TPSA) is 12.0 Å². The third kappa shape index (κ3) is 7.17. The van der Waals surface area contributed by atoms with Crippen molar-refractivity contribution < 1.29 is 0 Å². The molecular weight excluding hydrogens is 254 g/mol. The van der Waals surface area contributed by atoms with E-state index < -0.39 is 0 Å². The van der Waals surface area contributed by atoms with Crippen molar-refractivity contribution in [1.82, 2.24) is 5.32 Å². The zero-order valence-electron chi connectivity index (χ0n) is 16.1. The summed E-state index contributed by atoms with van der Waals surface area (Å²) in [4.78, 5) is 0. The molecule has 0 amide bonds. The first-order valence-corrected chi connectivity index (χ1v) is 9.24. The lowest BCUT2D eigenvalue weighted by Gasteiger charge is -2.43. The van der Waals surface area contributed by atoms with Crippen LogP contribution in [-0.2, 0) is 0 Å². The van der Waals surface area contributed by atoms with Gasteiger partial charge in [0.25, 0.3) is 0 Å². The van der Waals surface area contributed by atoms with Crippen LogP contribution in [0.1, 0.15) is 87.5 Å². The van der Waals surface area contributed by atoms with Gasteiger partial charge < -0.3 is 5.32 Å². The summed E-state index contributed by atoms with van der Waals surface area (Å²) < 4.78 is 0. The van der Waals surface area contributed by atoms with Crippen LogP contribution < -0.4 is 5.32 Å². The van der Waals surface area contributed by atoms with Crippen molar-refractivity contribution in [2.24, 2.45) is 29.1 Å². The minimum Gasteiger partial charge on any atom is -0.312 e. The van der Waals surface area contributed by atoms with Gasteiger partial charge in [0.1, 0.15) is 0 Å². The van der Waals surface area contributed by atoms with Gasteiger partial charge in [-0.15, -0.1) is 0 Å². The highest BCUT2D eigenvalue weighted by molar-refractivity contribution is 4.87. The minimum atomic E-state index is 0.253. The van der Waals surface area contributed by atoms with E-state index in [1.54, 1.807) is 0 Å². The quantitative estimate of drug-likeness (QED) is 0.667. The molecule has 1 N–H and O–H groups in total. The first-order valence-electron chi connectivity index (χ1n) is 9.24. The summed E-state index contributed by atoms with van der Waals surface area (Å²) in [7, 11) is 0. The number of hydrogen-bond donors (Lipinski definition) is 1. The van der Waals surface area contributed by atoms with E-state index in [0.29, 0.717) is 5.41 Å². The van der Waals surface area contributed by atoms with Gasteiger partial charge in [-0.1, -0.05) is 41.0 Å². The van der Waals surface area contributed by atoms with Gasteiger partial charge in [-0.2, -0.15) is 0 Å². The molecule has 0 bridgehead atoms. The van der Waals surface area contributed by atoms with Gasteiger partial charge in [0.15, 0.2) is 0 Å². The highest BCUT2D eigenvalue weighted by Crippen LogP contribution is 2.44. The second kappa shape index (κ2) is 7.49. The first-order chi connectivity index (χ1) is 9.49. The number of nitrogens with one attached hydrogen (secondary N) is 1. The van der Waals surface area contributed by atoms with Crippen LogP contribution >= 0.6 is 0 Å². The van der Waals surface area contributed by atoms with E-state index >= 15 is 0 Å². The Bertz CT molecular complexity index is 292. The molecule has 1 fully saturated rings. The predicted octanol–water partition coefficient (Wildman–Crippen LogP) is 5.89. The maximum absolute atomic E-state index is 3.76. The lowest BCUT2D eigenvalue weighted by molar-refractivity contribution is 0.0863. The van der Waals surface area contributed by atoms with Crippen molar-refractivity contribution in [3.63, 3.8) is 0 Å². The predicted molar refractivity (Wildman–Crippen MR) is 95.6 cm³/mol. The third-order valence-corrected chi connectivity index (χ3v) is 5.37. The van der Waals surface area contributed by atoms with Gasteiger partial charge in [0, 0.05) is 5.54 Å². The molecule has 0 aromatic heterocycles. The van der Waals surface area contributed by atoms with Crippen LogP contribution in [0, 0.1) is 29.1 Å². The molecule has 0 saturated heterocycles. The maximum Gasteiger partial charge on any atom is 0.00966 e. The summed E-state index contributed by atoms with van der Waals surface area (Å²) in [5.74, 6) is 3.58. The Hall–Kier alpha value is -0.0400. The van der Waals surface area contributed by atoms with Crippen LogP contribution in [0.3, 0.4) is 0 Å². The number of hydrogen-bond acceptors (Lipinski definition) is 1. The van der Waals surface area contributed by atoms with Crippen molar-refractivity contribution in [3.05, 3.63) is 0 Å². The molecule has 3 unspecified atom stereocenters. The van der Waals surface area contributed by atoms with Crippen LogP contribution in [0.2, 0.25) is 0 Å². The van der Waals surface area contributed by atoms with E-state index in [4.69, 9.17) is 0 Å². The molecule has 0 heterocycles. The fourth-order valence-electron chi connectivity index (χ4n) is 3.72. The molecule has 1 rings (SSSR count). The molecular formula is C20H41N. The van der Waals surface area contributed by atoms with Gasteiger partial charge in [0.05, 0.1) is 0 Å². The molecule has 1 nitrogen and oxygen atoms in total. The lowest BCUT2D eigenvalue weighted by Crippen LogP contribution is -2.43. The molecule has 126 valence electrons. The Kier molecular flexibility index (Phi) is 6.78. The summed E-state index contributed by atoms with van der Waals surface area (Å²) >= 11 is 0. The summed E-state index contributed by atoms with van der Waals surface area (Å²) in [5.41, 5.74) is 0.738. The second-order valence-corrected chi connectivity index (χ2v) is 10.00. The van der Waals surface area contributed by atoms with Crippen LogP contribution in [-0.4, -0.2) is 12.1 Å². The van der Waals surface area contributed by atoms with E-state index in [0.717, 1.165) is 23.7 Å². The molecule has 1 aliphatic carbocycles. The van der Waals surface area contributed by atoms with Crippen molar-refractivity contribution in [2.45, 2.75) is 93.0 Å². The summed E-state index contributed by atoms with van der Waals surface area (Å²) in [6, 6.07) is 0. The fraction of sp³-hybridized carbons (Fsp3) is 1.00. The average molecular weight is 296 g/mol. The van der Waals surface area contributed by atoms with Crippen LogP contribution in [0.4, 0.5) is 0 Å². The highest BCUT2D eigenvalue weighted by Gasteiger charge is 2.35. The third-order valence-electron chi connectivity index (χ3n) is 5.37. The maximum atomic E-state index is 3.76. The van der Waals surface area contributed by atoms with E-state index in [2.05, 4.69) is 60.7 Å². The van der Waals surface area contributed by atoms with Crippen molar-refractivity contribution in [2.75, 3.05) is 6.54 Å². The van der Waals surface area contributed by atoms with Gasteiger partial charge in [-0.25, -0.2) is 0 Å². The Morgan fingerprint density at radius 3 is 2.05 bits per heavy atom. The molecule has 0 spiro atoms. The van der Waals surface area contributed by atoms with Gasteiger partial charge in [0.2, 0.25) is 0 Å². The Labute approximate surface area is 134 Å². The zero-order chi connectivity index (χ0) is 16.3. The van der Waals surface area contributed by atoms with Gasteiger partial charge in [-0.3, -0.25) is 0 Å². The highest BCUT2D eigenvalue weighted by atomic mass is 14.9. The zero-order valence-corrected chi connectivity index (χ0v) is 16.1. The van der Waals surface area contributed by atoms with Crippen LogP contribution in [0.15, 0.2) is 0 Å². The first kappa shape index (κ1) is 19.0. The molecule has 0 aromatic carbocycles. The van der Waals surface area contributed by atoms with E-state index in [1.165, 1.54) is 38.6 Å².